The predicted molar refractivity (Wildman–Crippen MR) is 210 cm³/mol. The van der Waals surface area contributed by atoms with Crippen molar-refractivity contribution >= 4 is 50.1 Å². The molecule has 0 saturated carbocycles. The van der Waals surface area contributed by atoms with Crippen molar-refractivity contribution in [2.75, 3.05) is 19.6 Å². The average Bonchev–Trinajstić information content (AvgIpc) is 3.48. The number of halogens is 1. The summed E-state index contributed by atoms with van der Waals surface area (Å²) in [5, 5.41) is 6.39. The first-order valence-electron chi connectivity index (χ1n) is 18.3. The number of rotatable bonds is 13. The van der Waals surface area contributed by atoms with Crippen molar-refractivity contribution in [3.63, 3.8) is 0 Å². The second kappa shape index (κ2) is 16.5. The number of aromatic nitrogens is 2. The average molecular weight is 769 g/mol. The Morgan fingerprint density at radius 1 is 0.907 bits per heavy atom. The van der Waals surface area contributed by atoms with E-state index in [0.717, 1.165) is 42.2 Å². The van der Waals surface area contributed by atoms with Crippen LogP contribution in [0.15, 0.2) is 89.8 Å². The zero-order valence-corrected chi connectivity index (χ0v) is 32.3. The summed E-state index contributed by atoms with van der Waals surface area (Å²) in [6.45, 7) is 7.41. The van der Waals surface area contributed by atoms with Crippen LogP contribution in [0.5, 0.6) is 0 Å². The summed E-state index contributed by atoms with van der Waals surface area (Å²) in [6.07, 6.45) is 4.02. The van der Waals surface area contributed by atoms with Crippen LogP contribution in [-0.2, 0) is 23.0 Å². The van der Waals surface area contributed by atoms with Crippen LogP contribution in [0.1, 0.15) is 87.6 Å². The van der Waals surface area contributed by atoms with Crippen molar-refractivity contribution < 1.29 is 22.8 Å². The molecule has 1 atom stereocenters. The molecule has 3 N–H and O–H groups in total. The van der Waals surface area contributed by atoms with E-state index < -0.39 is 21.8 Å². The van der Waals surface area contributed by atoms with E-state index in [4.69, 9.17) is 17.3 Å². The fourth-order valence-corrected chi connectivity index (χ4v) is 8.02. The van der Waals surface area contributed by atoms with Gasteiger partial charge in [-0.15, -0.1) is 0 Å². The van der Waals surface area contributed by atoms with Crippen molar-refractivity contribution in [1.82, 2.24) is 24.3 Å². The normalized spacial score (nSPS) is 14.2. The summed E-state index contributed by atoms with van der Waals surface area (Å²) in [5.74, 6) is -1.66. The van der Waals surface area contributed by atoms with E-state index >= 15 is 0 Å². The van der Waals surface area contributed by atoms with Crippen molar-refractivity contribution in [2.45, 2.75) is 70.4 Å². The summed E-state index contributed by atoms with van der Waals surface area (Å²) in [7, 11) is -4.29. The van der Waals surface area contributed by atoms with Gasteiger partial charge in [0.2, 0.25) is 0 Å². The molecule has 5 aromatic rings. The zero-order valence-electron chi connectivity index (χ0n) is 30.7. The third-order valence-electron chi connectivity index (χ3n) is 9.96. The minimum Gasteiger partial charge on any atom is -0.337 e. The molecule has 0 aliphatic carbocycles. The highest BCUT2D eigenvalue weighted by molar-refractivity contribution is 7.90. The van der Waals surface area contributed by atoms with Gasteiger partial charge in [-0.2, -0.15) is 5.10 Å². The highest BCUT2D eigenvalue weighted by atomic mass is 35.5. The second-order valence-corrected chi connectivity index (χ2v) is 15.7. The Balaban J connectivity index is 1.41. The molecule has 1 aliphatic heterocycles. The number of nitrogens with zero attached hydrogens (tertiary/aromatic N) is 4. The number of nitrogens with one attached hydrogen (secondary N) is 1. The number of carbonyl (C=O) groups is 3. The molecule has 2 heterocycles. The van der Waals surface area contributed by atoms with Crippen LogP contribution in [0.25, 0.3) is 16.5 Å². The van der Waals surface area contributed by atoms with Crippen LogP contribution in [0.4, 0.5) is 0 Å². The first-order chi connectivity index (χ1) is 26.0. The van der Waals surface area contributed by atoms with Gasteiger partial charge in [0.25, 0.3) is 27.7 Å². The standard InChI is InChI=1S/C41H45ClN6O5S/c1-4-6-20-46(21-7-5-2)41(51)38-37(42)27(3)48(44-38)36-19-17-31(39(49)45-54(52,53)34-18-16-28-12-8-9-14-30(28)23-34)24-35(36)40(50)47-26-32-15-11-10-13-29(32)22-33(47)25-43/h8-19,23-24,33H,4-7,20-22,25-26,43H2,1-3H3,(H,45,49). The molecule has 54 heavy (non-hydrogen) atoms. The number of hydrogen-bond acceptors (Lipinski definition) is 7. The molecule has 0 saturated heterocycles. The van der Waals surface area contributed by atoms with E-state index in [0.29, 0.717) is 30.6 Å². The highest BCUT2D eigenvalue weighted by Crippen LogP contribution is 2.31. The summed E-state index contributed by atoms with van der Waals surface area (Å²) < 4.78 is 30.5. The van der Waals surface area contributed by atoms with Gasteiger partial charge in [-0.25, -0.2) is 17.8 Å². The molecule has 4 aromatic carbocycles. The fourth-order valence-electron chi connectivity index (χ4n) is 6.82. The summed E-state index contributed by atoms with van der Waals surface area (Å²) in [6, 6.07) is 23.7. The monoisotopic (exact) mass is 768 g/mol. The van der Waals surface area contributed by atoms with Gasteiger partial charge in [0, 0.05) is 37.8 Å². The van der Waals surface area contributed by atoms with Gasteiger partial charge >= 0.3 is 0 Å². The molecule has 3 amide bonds. The molecule has 0 radical (unpaired) electrons. The smallest absolute Gasteiger partial charge is 0.275 e. The van der Waals surface area contributed by atoms with Gasteiger partial charge in [-0.3, -0.25) is 14.4 Å². The zero-order chi connectivity index (χ0) is 38.6. The molecule has 282 valence electrons. The molecule has 0 fully saturated rings. The first kappa shape index (κ1) is 38.7. The van der Waals surface area contributed by atoms with Gasteiger partial charge in [0.1, 0.15) is 0 Å². The molecule has 1 unspecified atom stereocenters. The highest BCUT2D eigenvalue weighted by Gasteiger charge is 2.33. The molecule has 1 aromatic heterocycles. The molecule has 1 aliphatic rings. The van der Waals surface area contributed by atoms with Crippen molar-refractivity contribution in [1.29, 1.82) is 0 Å². The lowest BCUT2D eigenvalue weighted by atomic mass is 9.93. The minimum absolute atomic E-state index is 0.0642. The van der Waals surface area contributed by atoms with E-state index in [9.17, 15) is 22.8 Å². The van der Waals surface area contributed by atoms with Crippen molar-refractivity contribution in [2.24, 2.45) is 5.73 Å². The number of hydrogen-bond donors (Lipinski definition) is 2. The largest absolute Gasteiger partial charge is 0.337 e. The van der Waals surface area contributed by atoms with E-state index in [-0.39, 0.29) is 57.5 Å². The van der Waals surface area contributed by atoms with Crippen LogP contribution in [0.2, 0.25) is 5.02 Å². The fraction of sp³-hybridized carbons (Fsp3) is 0.317. The Hall–Kier alpha value is -5.04. The van der Waals surface area contributed by atoms with E-state index in [1.807, 2.05) is 36.4 Å². The van der Waals surface area contributed by atoms with E-state index in [1.54, 1.807) is 34.9 Å². The third kappa shape index (κ3) is 7.91. The molecule has 6 rings (SSSR count). The molecular weight excluding hydrogens is 724 g/mol. The molecule has 13 heteroatoms. The number of carbonyl (C=O) groups excluding carboxylic acids is 3. The predicted octanol–water partition coefficient (Wildman–Crippen LogP) is 6.67. The van der Waals surface area contributed by atoms with Gasteiger partial charge in [-0.05, 0) is 78.4 Å². The van der Waals surface area contributed by atoms with Crippen LogP contribution in [0.3, 0.4) is 0 Å². The maximum absolute atomic E-state index is 14.7. The maximum Gasteiger partial charge on any atom is 0.275 e. The maximum atomic E-state index is 14.7. The number of sulfonamides is 1. The Morgan fingerprint density at radius 2 is 1.57 bits per heavy atom. The lowest BCUT2D eigenvalue weighted by Crippen LogP contribution is -2.48. The number of nitrogens with two attached hydrogens (primary N) is 1. The molecule has 11 nitrogen and oxygen atoms in total. The van der Waals surface area contributed by atoms with E-state index in [1.165, 1.54) is 35.0 Å². The van der Waals surface area contributed by atoms with Gasteiger partial charge in [0.15, 0.2) is 5.69 Å². The van der Waals surface area contributed by atoms with Crippen molar-refractivity contribution in [3.8, 4) is 5.69 Å². The second-order valence-electron chi connectivity index (χ2n) is 13.6. The quantitative estimate of drug-likeness (QED) is 0.136. The van der Waals surface area contributed by atoms with Crippen LogP contribution in [0, 0.1) is 6.92 Å². The summed E-state index contributed by atoms with van der Waals surface area (Å²) >= 11 is 6.83. The van der Waals surface area contributed by atoms with Crippen LogP contribution < -0.4 is 10.5 Å². The van der Waals surface area contributed by atoms with Crippen molar-refractivity contribution in [3.05, 3.63) is 124 Å². The molecule has 0 bridgehead atoms. The SMILES string of the molecule is CCCCN(CCCC)C(=O)c1nn(-c2ccc(C(=O)NS(=O)(=O)c3ccc4ccccc4c3)cc2C(=O)N2Cc3ccccc3CC2CN)c(C)c1Cl. The number of fused-ring (bicyclic) bond motifs is 2. The summed E-state index contributed by atoms with van der Waals surface area (Å²) in [4.78, 5) is 45.7. The van der Waals surface area contributed by atoms with Gasteiger partial charge in [-0.1, -0.05) is 92.9 Å². The Labute approximate surface area is 321 Å². The number of unbranched alkanes of at least 4 members (excludes halogenated alkanes) is 2. The Kier molecular flexibility index (Phi) is 11.8. The third-order valence-corrected chi connectivity index (χ3v) is 11.7. The summed E-state index contributed by atoms with van der Waals surface area (Å²) in [5.41, 5.74) is 9.06. The Bertz CT molecular complexity index is 2320. The van der Waals surface area contributed by atoms with Crippen LogP contribution in [-0.4, -0.2) is 71.4 Å². The lowest BCUT2D eigenvalue weighted by Gasteiger charge is -2.36. The topological polar surface area (TPSA) is 148 Å². The molecular formula is C41H45ClN6O5S. The van der Waals surface area contributed by atoms with Gasteiger partial charge < -0.3 is 15.5 Å². The lowest BCUT2D eigenvalue weighted by molar-refractivity contribution is 0.0647. The van der Waals surface area contributed by atoms with E-state index in [2.05, 4.69) is 23.7 Å². The molecule has 0 spiro atoms. The first-order valence-corrected chi connectivity index (χ1v) is 20.2. The van der Waals surface area contributed by atoms with Crippen LogP contribution >= 0.6 is 11.6 Å². The minimum atomic E-state index is -4.29. The van der Waals surface area contributed by atoms with Gasteiger partial charge in [0.05, 0.1) is 26.9 Å². The number of benzene rings is 4. The Morgan fingerprint density at radius 3 is 2.26 bits per heavy atom. The number of amides is 3.